The highest BCUT2D eigenvalue weighted by Gasteiger charge is 2.12. The number of ether oxygens (including phenoxy) is 1. The normalized spacial score (nSPS) is 10.7. The predicted octanol–water partition coefficient (Wildman–Crippen LogP) is 5.27. The third-order valence-electron chi connectivity index (χ3n) is 4.39. The minimum absolute atomic E-state index is 0.689. The van der Waals surface area contributed by atoms with Gasteiger partial charge >= 0.3 is 0 Å². The van der Waals surface area contributed by atoms with Crippen molar-refractivity contribution in [1.82, 2.24) is 9.78 Å². The minimum atomic E-state index is 0.689. The van der Waals surface area contributed by atoms with Gasteiger partial charge in [0.25, 0.3) is 0 Å². The van der Waals surface area contributed by atoms with E-state index in [1.54, 1.807) is 7.11 Å². The third-order valence-corrected chi connectivity index (χ3v) is 4.39. The molecule has 0 radical (unpaired) electrons. The summed E-state index contributed by atoms with van der Waals surface area (Å²) in [5.74, 6) is 0.860. The van der Waals surface area contributed by atoms with E-state index in [2.05, 4.69) is 59.3 Å². The van der Waals surface area contributed by atoms with E-state index >= 15 is 0 Å². The van der Waals surface area contributed by atoms with Crippen molar-refractivity contribution in [2.75, 3.05) is 7.11 Å². The summed E-state index contributed by atoms with van der Waals surface area (Å²) in [4.78, 5) is 0. The molecule has 0 aliphatic heterocycles. The van der Waals surface area contributed by atoms with Crippen LogP contribution in [0.2, 0.25) is 0 Å². The number of rotatable bonds is 5. The molecule has 26 heavy (non-hydrogen) atoms. The predicted molar refractivity (Wildman–Crippen MR) is 105 cm³/mol. The summed E-state index contributed by atoms with van der Waals surface area (Å²) in [7, 11) is 1.69. The Hall–Kier alpha value is -3.33. The maximum atomic E-state index is 5.35. The average Bonchev–Trinajstić information content (AvgIpc) is 3.13. The zero-order chi connectivity index (χ0) is 17.8. The molecule has 0 fully saturated rings. The lowest BCUT2D eigenvalue weighted by Crippen LogP contribution is -2.04. The molecule has 3 nitrogen and oxygen atoms in total. The van der Waals surface area contributed by atoms with Gasteiger partial charge in [0.2, 0.25) is 0 Å². The first kappa shape index (κ1) is 16.2. The Bertz CT molecular complexity index is 991. The first-order chi connectivity index (χ1) is 12.8. The summed E-state index contributed by atoms with van der Waals surface area (Å²) >= 11 is 0. The molecule has 0 atom stereocenters. The molecule has 0 unspecified atom stereocenters. The highest BCUT2D eigenvalue weighted by Crippen LogP contribution is 2.27. The van der Waals surface area contributed by atoms with Gasteiger partial charge in [-0.05, 0) is 29.3 Å². The summed E-state index contributed by atoms with van der Waals surface area (Å²) in [6.45, 7) is 0.689. The van der Waals surface area contributed by atoms with E-state index in [0.29, 0.717) is 6.54 Å². The van der Waals surface area contributed by atoms with Crippen LogP contribution in [0.15, 0.2) is 91.0 Å². The number of methoxy groups -OCH3 is 1. The lowest BCUT2D eigenvalue weighted by Gasteiger charge is -2.09. The summed E-state index contributed by atoms with van der Waals surface area (Å²) in [5, 5.41) is 4.88. The molecule has 0 N–H and O–H groups in total. The Labute approximate surface area is 153 Å². The summed E-state index contributed by atoms with van der Waals surface area (Å²) in [6, 6.07) is 30.9. The summed E-state index contributed by atoms with van der Waals surface area (Å²) < 4.78 is 7.41. The molecule has 1 aromatic heterocycles. The van der Waals surface area contributed by atoms with Crippen LogP contribution < -0.4 is 4.74 Å². The van der Waals surface area contributed by atoms with Crippen LogP contribution in [0.5, 0.6) is 5.75 Å². The van der Waals surface area contributed by atoms with E-state index < -0.39 is 0 Å². The standard InChI is InChI=1S/C23H20N2O/c1-26-21-14-8-9-18(15-21)17-25-23(20-12-6-3-7-13-20)16-22(24-25)19-10-4-2-5-11-19/h2-16H,17H2,1H3. The number of benzene rings is 3. The topological polar surface area (TPSA) is 27.1 Å². The van der Waals surface area contributed by atoms with Crippen molar-refractivity contribution in [2.24, 2.45) is 0 Å². The van der Waals surface area contributed by atoms with Gasteiger partial charge < -0.3 is 4.74 Å². The quantitative estimate of drug-likeness (QED) is 0.494. The lowest BCUT2D eigenvalue weighted by molar-refractivity contribution is 0.414. The number of hydrogen-bond acceptors (Lipinski definition) is 2. The van der Waals surface area contributed by atoms with Crippen LogP contribution in [0, 0.1) is 0 Å². The fourth-order valence-corrected chi connectivity index (χ4v) is 3.07. The van der Waals surface area contributed by atoms with Gasteiger partial charge in [-0.15, -0.1) is 0 Å². The molecule has 3 heteroatoms. The average molecular weight is 340 g/mol. The van der Waals surface area contributed by atoms with Crippen molar-refractivity contribution >= 4 is 0 Å². The zero-order valence-corrected chi connectivity index (χ0v) is 14.7. The Morgan fingerprint density at radius 3 is 2.15 bits per heavy atom. The van der Waals surface area contributed by atoms with Crippen LogP contribution in [-0.2, 0) is 6.54 Å². The lowest BCUT2D eigenvalue weighted by atomic mass is 10.1. The smallest absolute Gasteiger partial charge is 0.119 e. The van der Waals surface area contributed by atoms with Gasteiger partial charge in [-0.1, -0.05) is 72.8 Å². The van der Waals surface area contributed by atoms with Gasteiger partial charge in [0.15, 0.2) is 0 Å². The van der Waals surface area contributed by atoms with E-state index in [1.165, 1.54) is 0 Å². The molecule has 0 saturated heterocycles. The molecule has 4 rings (SSSR count). The second kappa shape index (κ2) is 7.28. The molecule has 0 spiro atoms. The van der Waals surface area contributed by atoms with E-state index in [1.807, 2.05) is 36.4 Å². The maximum absolute atomic E-state index is 5.35. The van der Waals surface area contributed by atoms with E-state index in [4.69, 9.17) is 9.84 Å². The van der Waals surface area contributed by atoms with Crippen molar-refractivity contribution in [2.45, 2.75) is 6.54 Å². The molecule has 0 bridgehead atoms. The summed E-state index contributed by atoms with van der Waals surface area (Å²) in [5.41, 5.74) is 5.52. The molecule has 128 valence electrons. The maximum Gasteiger partial charge on any atom is 0.119 e. The second-order valence-electron chi connectivity index (χ2n) is 6.16. The monoisotopic (exact) mass is 340 g/mol. The minimum Gasteiger partial charge on any atom is -0.497 e. The highest BCUT2D eigenvalue weighted by atomic mass is 16.5. The first-order valence-electron chi connectivity index (χ1n) is 8.65. The highest BCUT2D eigenvalue weighted by molar-refractivity contribution is 5.68. The molecular formula is C23H20N2O. The van der Waals surface area contributed by atoms with Gasteiger partial charge in [-0.2, -0.15) is 5.10 Å². The van der Waals surface area contributed by atoms with Gasteiger partial charge in [-0.25, -0.2) is 0 Å². The van der Waals surface area contributed by atoms with Crippen LogP contribution in [0.1, 0.15) is 5.56 Å². The van der Waals surface area contributed by atoms with Crippen molar-refractivity contribution in [1.29, 1.82) is 0 Å². The Morgan fingerprint density at radius 2 is 1.46 bits per heavy atom. The molecule has 4 aromatic rings. The fraction of sp³-hybridized carbons (Fsp3) is 0.0870. The van der Waals surface area contributed by atoms with E-state index in [-0.39, 0.29) is 0 Å². The van der Waals surface area contributed by atoms with Crippen LogP contribution in [-0.4, -0.2) is 16.9 Å². The van der Waals surface area contributed by atoms with Crippen LogP contribution in [0.4, 0.5) is 0 Å². The van der Waals surface area contributed by atoms with Gasteiger partial charge in [0.05, 0.1) is 25.0 Å². The van der Waals surface area contributed by atoms with Gasteiger partial charge in [0, 0.05) is 5.56 Å². The van der Waals surface area contributed by atoms with Gasteiger partial charge in [0.1, 0.15) is 5.75 Å². The molecular weight excluding hydrogens is 320 g/mol. The first-order valence-corrected chi connectivity index (χ1v) is 8.65. The Kier molecular flexibility index (Phi) is 4.52. The second-order valence-corrected chi connectivity index (χ2v) is 6.16. The third kappa shape index (κ3) is 3.38. The molecule has 1 heterocycles. The fourth-order valence-electron chi connectivity index (χ4n) is 3.07. The van der Waals surface area contributed by atoms with E-state index in [9.17, 15) is 0 Å². The van der Waals surface area contributed by atoms with Crippen LogP contribution in [0.3, 0.4) is 0 Å². The van der Waals surface area contributed by atoms with Crippen molar-refractivity contribution < 1.29 is 4.74 Å². The zero-order valence-electron chi connectivity index (χ0n) is 14.7. The molecule has 3 aromatic carbocycles. The number of nitrogens with zero attached hydrogens (tertiary/aromatic N) is 2. The molecule has 0 saturated carbocycles. The summed E-state index contributed by atoms with van der Waals surface area (Å²) in [6.07, 6.45) is 0. The van der Waals surface area contributed by atoms with Crippen molar-refractivity contribution in [3.05, 3.63) is 96.6 Å². The van der Waals surface area contributed by atoms with Crippen LogP contribution in [0.25, 0.3) is 22.5 Å². The number of hydrogen-bond donors (Lipinski definition) is 0. The molecule has 0 amide bonds. The Balaban J connectivity index is 1.77. The van der Waals surface area contributed by atoms with Crippen molar-refractivity contribution in [3.8, 4) is 28.3 Å². The van der Waals surface area contributed by atoms with E-state index in [0.717, 1.165) is 33.8 Å². The number of aromatic nitrogens is 2. The molecule has 0 aliphatic rings. The molecule has 0 aliphatic carbocycles. The SMILES string of the molecule is COc1cccc(Cn2nc(-c3ccccc3)cc2-c2ccccc2)c1. The van der Waals surface area contributed by atoms with Crippen LogP contribution >= 0.6 is 0 Å². The van der Waals surface area contributed by atoms with Crippen molar-refractivity contribution in [3.63, 3.8) is 0 Å². The largest absolute Gasteiger partial charge is 0.497 e. The Morgan fingerprint density at radius 1 is 0.769 bits per heavy atom. The van der Waals surface area contributed by atoms with Gasteiger partial charge in [-0.3, -0.25) is 4.68 Å².